The van der Waals surface area contributed by atoms with Crippen LogP contribution < -0.4 is 0 Å². The zero-order chi connectivity index (χ0) is 10.8. The van der Waals surface area contributed by atoms with Gasteiger partial charge in [0.1, 0.15) is 6.07 Å². The molecule has 0 spiro atoms. The molecular weight excluding hydrogens is 212 g/mol. The molecule has 0 unspecified atom stereocenters. The molecular formula is C10H7ClN4. The van der Waals surface area contributed by atoms with Gasteiger partial charge in [-0.25, -0.2) is 4.68 Å². The maximum Gasteiger partial charge on any atom is 0.183 e. The molecule has 0 amide bonds. The van der Waals surface area contributed by atoms with Gasteiger partial charge in [0.2, 0.25) is 0 Å². The van der Waals surface area contributed by atoms with Crippen LogP contribution in [0.4, 0.5) is 0 Å². The molecule has 0 aliphatic heterocycles. The quantitative estimate of drug-likeness (QED) is 0.737. The first kappa shape index (κ1) is 9.69. The summed E-state index contributed by atoms with van der Waals surface area (Å²) in [5.74, 6) is 0. The van der Waals surface area contributed by atoms with Crippen LogP contribution in [0.1, 0.15) is 11.3 Å². The van der Waals surface area contributed by atoms with E-state index in [1.54, 1.807) is 16.9 Å². The van der Waals surface area contributed by atoms with Crippen molar-refractivity contribution in [3.05, 3.63) is 40.7 Å². The van der Waals surface area contributed by atoms with Crippen molar-refractivity contribution in [2.75, 3.05) is 0 Å². The molecule has 0 bridgehead atoms. The molecule has 0 saturated carbocycles. The Labute approximate surface area is 91.7 Å². The molecule has 2 aromatic rings. The molecule has 1 aromatic heterocycles. The van der Waals surface area contributed by atoms with Crippen molar-refractivity contribution in [2.24, 2.45) is 0 Å². The van der Waals surface area contributed by atoms with Crippen LogP contribution in [0, 0.1) is 18.3 Å². The number of halogens is 1. The lowest BCUT2D eigenvalue weighted by molar-refractivity contribution is 0.797. The van der Waals surface area contributed by atoms with Crippen molar-refractivity contribution in [2.45, 2.75) is 6.92 Å². The zero-order valence-electron chi connectivity index (χ0n) is 7.98. The highest BCUT2D eigenvalue weighted by Crippen LogP contribution is 2.18. The normalized spacial score (nSPS) is 9.93. The van der Waals surface area contributed by atoms with E-state index in [1.807, 2.05) is 25.1 Å². The van der Waals surface area contributed by atoms with Crippen LogP contribution in [0.2, 0.25) is 5.02 Å². The van der Waals surface area contributed by atoms with Crippen molar-refractivity contribution in [1.82, 2.24) is 15.0 Å². The molecule has 0 atom stereocenters. The van der Waals surface area contributed by atoms with E-state index in [2.05, 4.69) is 10.3 Å². The minimum absolute atomic E-state index is 0.296. The van der Waals surface area contributed by atoms with Crippen molar-refractivity contribution in [3.8, 4) is 11.8 Å². The second-order valence-corrected chi connectivity index (χ2v) is 3.53. The molecule has 5 heteroatoms. The van der Waals surface area contributed by atoms with E-state index < -0.39 is 0 Å². The highest BCUT2D eigenvalue weighted by atomic mass is 35.5. The maximum absolute atomic E-state index is 8.62. The van der Waals surface area contributed by atoms with Gasteiger partial charge < -0.3 is 0 Å². The van der Waals surface area contributed by atoms with Crippen LogP contribution in [-0.2, 0) is 0 Å². The predicted octanol–water partition coefficient (Wildman–Crippen LogP) is 2.10. The number of nitrogens with zero attached hydrogens (tertiary/aromatic N) is 4. The Balaban J connectivity index is 2.50. The van der Waals surface area contributed by atoms with E-state index in [-0.39, 0.29) is 0 Å². The molecule has 74 valence electrons. The summed E-state index contributed by atoms with van der Waals surface area (Å²) in [6, 6.07) is 7.38. The van der Waals surface area contributed by atoms with Crippen LogP contribution in [-0.4, -0.2) is 15.0 Å². The van der Waals surface area contributed by atoms with Crippen LogP contribution in [0.5, 0.6) is 0 Å². The van der Waals surface area contributed by atoms with E-state index in [9.17, 15) is 0 Å². The van der Waals surface area contributed by atoms with E-state index in [0.29, 0.717) is 10.7 Å². The number of aryl methyl sites for hydroxylation is 1. The summed E-state index contributed by atoms with van der Waals surface area (Å²) in [5.41, 5.74) is 2.15. The summed E-state index contributed by atoms with van der Waals surface area (Å²) in [6.45, 7) is 1.93. The Morgan fingerprint density at radius 2 is 2.27 bits per heavy atom. The Hall–Kier alpha value is -1.86. The Morgan fingerprint density at radius 3 is 2.87 bits per heavy atom. The lowest BCUT2D eigenvalue weighted by Gasteiger charge is -2.04. The van der Waals surface area contributed by atoms with Gasteiger partial charge >= 0.3 is 0 Å². The molecule has 0 aliphatic rings. The fourth-order valence-electron chi connectivity index (χ4n) is 1.31. The fraction of sp³-hybridized carbons (Fsp3) is 0.100. The number of hydrogen-bond acceptors (Lipinski definition) is 3. The second-order valence-electron chi connectivity index (χ2n) is 3.09. The number of rotatable bonds is 1. The molecule has 0 N–H and O–H groups in total. The molecule has 0 radical (unpaired) electrons. The van der Waals surface area contributed by atoms with Crippen LogP contribution in [0.15, 0.2) is 24.4 Å². The fourth-order valence-corrected chi connectivity index (χ4v) is 1.54. The first-order valence-corrected chi connectivity index (χ1v) is 4.67. The van der Waals surface area contributed by atoms with Crippen LogP contribution >= 0.6 is 11.6 Å². The lowest BCUT2D eigenvalue weighted by Crippen LogP contribution is -1.97. The summed E-state index contributed by atoms with van der Waals surface area (Å²) < 4.78 is 1.56. The van der Waals surface area contributed by atoms with Gasteiger partial charge in [0.25, 0.3) is 0 Å². The smallest absolute Gasteiger partial charge is 0.183 e. The van der Waals surface area contributed by atoms with Gasteiger partial charge in [0, 0.05) is 5.02 Å². The van der Waals surface area contributed by atoms with Gasteiger partial charge in [-0.3, -0.25) is 0 Å². The van der Waals surface area contributed by atoms with Gasteiger partial charge in [-0.1, -0.05) is 16.8 Å². The molecule has 0 saturated heterocycles. The van der Waals surface area contributed by atoms with E-state index in [1.165, 1.54) is 0 Å². The molecule has 15 heavy (non-hydrogen) atoms. The average molecular weight is 219 g/mol. The standard InChI is InChI=1S/C10H7ClN4/c1-7-4-8(11)2-3-10(7)15-6-9(5-12)13-14-15/h2-4,6H,1H3. The van der Waals surface area contributed by atoms with E-state index >= 15 is 0 Å². The highest BCUT2D eigenvalue weighted by molar-refractivity contribution is 6.30. The van der Waals surface area contributed by atoms with Crippen molar-refractivity contribution in [1.29, 1.82) is 5.26 Å². The monoisotopic (exact) mass is 218 g/mol. The number of aromatic nitrogens is 3. The number of nitriles is 1. The van der Waals surface area contributed by atoms with E-state index in [4.69, 9.17) is 16.9 Å². The Bertz CT molecular complexity index is 539. The third kappa shape index (κ3) is 1.83. The lowest BCUT2D eigenvalue weighted by atomic mass is 10.2. The summed E-state index contributed by atoms with van der Waals surface area (Å²) in [6.07, 6.45) is 1.58. The first-order valence-electron chi connectivity index (χ1n) is 4.29. The summed E-state index contributed by atoms with van der Waals surface area (Å²) in [7, 11) is 0. The van der Waals surface area contributed by atoms with Crippen LogP contribution in [0.3, 0.4) is 0 Å². The molecule has 4 nitrogen and oxygen atoms in total. The van der Waals surface area contributed by atoms with Crippen molar-refractivity contribution >= 4 is 11.6 Å². The Morgan fingerprint density at radius 1 is 1.47 bits per heavy atom. The van der Waals surface area contributed by atoms with Crippen LogP contribution in [0.25, 0.3) is 5.69 Å². The Kier molecular flexibility index (Phi) is 2.40. The molecule has 1 heterocycles. The van der Waals surface area contributed by atoms with Crippen molar-refractivity contribution in [3.63, 3.8) is 0 Å². The summed E-state index contributed by atoms with van der Waals surface area (Å²) in [4.78, 5) is 0. The van der Waals surface area contributed by atoms with Gasteiger partial charge in [-0.15, -0.1) is 5.10 Å². The summed E-state index contributed by atoms with van der Waals surface area (Å²) >= 11 is 5.84. The zero-order valence-corrected chi connectivity index (χ0v) is 8.73. The maximum atomic E-state index is 8.62. The molecule has 1 aromatic carbocycles. The highest BCUT2D eigenvalue weighted by Gasteiger charge is 2.04. The predicted molar refractivity (Wildman–Crippen MR) is 55.8 cm³/mol. The largest absolute Gasteiger partial charge is 0.219 e. The summed E-state index contributed by atoms with van der Waals surface area (Å²) in [5, 5.41) is 16.8. The minimum atomic E-state index is 0.296. The topological polar surface area (TPSA) is 54.5 Å². The molecule has 0 aliphatic carbocycles. The van der Waals surface area contributed by atoms with Gasteiger partial charge in [-0.2, -0.15) is 5.26 Å². The van der Waals surface area contributed by atoms with E-state index in [0.717, 1.165) is 11.3 Å². The van der Waals surface area contributed by atoms with Gasteiger partial charge in [0.05, 0.1) is 11.9 Å². The SMILES string of the molecule is Cc1cc(Cl)ccc1-n1cc(C#N)nn1. The second kappa shape index (κ2) is 3.71. The molecule has 2 rings (SSSR count). The number of benzene rings is 1. The molecule has 0 fully saturated rings. The third-order valence-electron chi connectivity index (χ3n) is 2.01. The first-order chi connectivity index (χ1) is 7.20. The minimum Gasteiger partial charge on any atom is -0.219 e. The number of hydrogen-bond donors (Lipinski definition) is 0. The third-order valence-corrected chi connectivity index (χ3v) is 2.25. The average Bonchev–Trinajstić information content (AvgIpc) is 2.66. The van der Waals surface area contributed by atoms with Gasteiger partial charge in [0.15, 0.2) is 5.69 Å². The van der Waals surface area contributed by atoms with Crippen molar-refractivity contribution < 1.29 is 0 Å². The van der Waals surface area contributed by atoms with Gasteiger partial charge in [-0.05, 0) is 30.7 Å².